The lowest BCUT2D eigenvalue weighted by atomic mass is 9.86. The topological polar surface area (TPSA) is 204 Å². The third-order valence-electron chi connectivity index (χ3n) is 6.93. The minimum atomic E-state index is -5.03. The van der Waals surface area contributed by atoms with Crippen LogP contribution in [0.2, 0.25) is 0 Å². The predicted octanol–water partition coefficient (Wildman–Crippen LogP) is 2.61. The molecule has 0 aliphatic carbocycles. The Morgan fingerprint density at radius 1 is 1.02 bits per heavy atom. The number of pyridine rings is 2. The second-order valence-corrected chi connectivity index (χ2v) is 11.4. The summed E-state index contributed by atoms with van der Waals surface area (Å²) in [6.07, 6.45) is 7.69. The van der Waals surface area contributed by atoms with Gasteiger partial charge in [-0.05, 0) is 49.7 Å². The first-order chi connectivity index (χ1) is 21.0. The van der Waals surface area contributed by atoms with E-state index in [4.69, 9.17) is 4.98 Å². The van der Waals surface area contributed by atoms with E-state index < -0.39 is 31.2 Å². The van der Waals surface area contributed by atoms with Crippen LogP contribution in [0.1, 0.15) is 19.4 Å². The summed E-state index contributed by atoms with van der Waals surface area (Å²) in [6, 6.07) is 13.9. The minimum absolute atomic E-state index is 0.0530. The Morgan fingerprint density at radius 2 is 1.75 bits per heavy atom. The minimum Gasteiger partial charge on any atom is -0.303 e. The first-order valence-electron chi connectivity index (χ1n) is 13.0. The number of fused-ring (bicyclic) bond motifs is 3. The van der Waals surface area contributed by atoms with Crippen LogP contribution in [0.25, 0.3) is 44.8 Å². The van der Waals surface area contributed by atoms with E-state index in [-0.39, 0.29) is 16.4 Å². The molecule has 0 unspecified atom stereocenters. The zero-order valence-corrected chi connectivity index (χ0v) is 24.0. The molecule has 0 saturated heterocycles. The fraction of sp³-hybridized carbons (Fsp3) is 0.143. The van der Waals surface area contributed by atoms with Crippen molar-refractivity contribution < 1.29 is 18.9 Å². The number of hydrogen-bond donors (Lipinski definition) is 2. The van der Waals surface area contributed by atoms with Crippen LogP contribution in [0.4, 0.5) is 0 Å². The SMILES string of the molecule is CC(C)(C#N)c1ccc(-n2c(=O)n(COP(=O)(O)O)c(=O)c3cnc4ccc(-c5cnc(-n6cccn6)nc5)nc4c32)cc1. The molecule has 0 atom stereocenters. The first kappa shape index (κ1) is 28.7. The molecule has 6 rings (SSSR count). The first-order valence-corrected chi connectivity index (χ1v) is 14.5. The fourth-order valence-corrected chi connectivity index (χ4v) is 4.85. The Labute approximate surface area is 247 Å². The van der Waals surface area contributed by atoms with Crippen LogP contribution in [0, 0.1) is 11.3 Å². The Morgan fingerprint density at radius 3 is 2.39 bits per heavy atom. The van der Waals surface area contributed by atoms with Crippen molar-refractivity contribution in [1.82, 2.24) is 38.9 Å². The van der Waals surface area contributed by atoms with Crippen molar-refractivity contribution in [3.8, 4) is 29.0 Å². The summed E-state index contributed by atoms with van der Waals surface area (Å²) in [5.41, 5.74) is 0.00556. The lowest BCUT2D eigenvalue weighted by molar-refractivity contribution is 0.148. The van der Waals surface area contributed by atoms with Crippen LogP contribution in [-0.2, 0) is 21.2 Å². The van der Waals surface area contributed by atoms with E-state index in [2.05, 4.69) is 30.6 Å². The van der Waals surface area contributed by atoms with Gasteiger partial charge < -0.3 is 9.79 Å². The number of phosphoric acid groups is 1. The maximum absolute atomic E-state index is 13.9. The van der Waals surface area contributed by atoms with Crippen LogP contribution in [0.3, 0.4) is 0 Å². The quantitative estimate of drug-likeness (QED) is 0.197. The largest absolute Gasteiger partial charge is 0.471 e. The zero-order chi connectivity index (χ0) is 31.2. The summed E-state index contributed by atoms with van der Waals surface area (Å²) < 4.78 is 19.2. The third kappa shape index (κ3) is 5.19. The van der Waals surface area contributed by atoms with Crippen molar-refractivity contribution in [3.05, 3.63) is 99.9 Å². The number of benzene rings is 1. The van der Waals surface area contributed by atoms with Crippen LogP contribution in [-0.4, -0.2) is 48.6 Å². The molecule has 0 radical (unpaired) electrons. The molecule has 0 bridgehead atoms. The second-order valence-electron chi connectivity index (χ2n) is 10.2. The van der Waals surface area contributed by atoms with Gasteiger partial charge in [0.2, 0.25) is 5.95 Å². The van der Waals surface area contributed by atoms with Crippen LogP contribution < -0.4 is 11.2 Å². The molecule has 0 spiro atoms. The van der Waals surface area contributed by atoms with Gasteiger partial charge in [-0.1, -0.05) is 12.1 Å². The van der Waals surface area contributed by atoms with Gasteiger partial charge in [-0.25, -0.2) is 33.6 Å². The van der Waals surface area contributed by atoms with E-state index in [1.165, 1.54) is 15.4 Å². The lowest BCUT2D eigenvalue weighted by Gasteiger charge is -2.18. The smallest absolute Gasteiger partial charge is 0.303 e. The molecule has 6 aromatic rings. The molecular formula is C28H22N9O6P. The van der Waals surface area contributed by atoms with Crippen molar-refractivity contribution in [1.29, 1.82) is 5.26 Å². The van der Waals surface area contributed by atoms with Gasteiger partial charge in [-0.15, -0.1) is 0 Å². The maximum atomic E-state index is 13.9. The highest BCUT2D eigenvalue weighted by Crippen LogP contribution is 2.36. The number of phosphoric ester groups is 1. The molecule has 5 heterocycles. The molecule has 15 nitrogen and oxygen atoms in total. The van der Waals surface area contributed by atoms with Gasteiger partial charge in [0.1, 0.15) is 12.2 Å². The number of hydrogen-bond acceptors (Lipinski definition) is 10. The van der Waals surface area contributed by atoms with E-state index in [1.807, 2.05) is 0 Å². The second kappa shape index (κ2) is 10.7. The summed E-state index contributed by atoms with van der Waals surface area (Å²) in [4.78, 5) is 63.7. The van der Waals surface area contributed by atoms with E-state index in [0.29, 0.717) is 38.5 Å². The maximum Gasteiger partial charge on any atom is 0.471 e. The van der Waals surface area contributed by atoms with Crippen LogP contribution >= 0.6 is 7.82 Å². The van der Waals surface area contributed by atoms with Crippen LogP contribution in [0.5, 0.6) is 0 Å². The number of nitriles is 1. The average Bonchev–Trinajstić information content (AvgIpc) is 3.56. The van der Waals surface area contributed by atoms with E-state index in [9.17, 15) is 29.2 Å². The normalized spacial score (nSPS) is 12.1. The highest BCUT2D eigenvalue weighted by Gasteiger charge is 2.23. The highest BCUT2D eigenvalue weighted by atomic mass is 31.2. The molecule has 44 heavy (non-hydrogen) atoms. The molecule has 5 aromatic heterocycles. The lowest BCUT2D eigenvalue weighted by Crippen LogP contribution is -2.40. The molecule has 1 aromatic carbocycles. The van der Waals surface area contributed by atoms with Gasteiger partial charge in [0.25, 0.3) is 5.56 Å². The highest BCUT2D eigenvalue weighted by molar-refractivity contribution is 7.46. The molecule has 0 aliphatic rings. The van der Waals surface area contributed by atoms with Crippen molar-refractivity contribution in [3.63, 3.8) is 0 Å². The summed E-state index contributed by atoms with van der Waals surface area (Å²) in [7, 11) is -5.03. The molecule has 220 valence electrons. The van der Waals surface area contributed by atoms with Gasteiger partial charge in [0, 0.05) is 36.5 Å². The van der Waals surface area contributed by atoms with E-state index >= 15 is 0 Å². The van der Waals surface area contributed by atoms with Gasteiger partial charge in [-0.3, -0.25) is 18.9 Å². The van der Waals surface area contributed by atoms with Crippen molar-refractivity contribution in [2.75, 3.05) is 0 Å². The molecular weight excluding hydrogens is 589 g/mol. The molecule has 0 aliphatic heterocycles. The Kier molecular flexibility index (Phi) is 6.99. The monoisotopic (exact) mass is 611 g/mol. The standard InChI is InChI=1S/C28H22N9O6P/c1-28(2,15-29)18-4-6-19(7-5-18)37-24-20(25(38)35(27(37)39)16-43-44(40,41)42)14-30-22-9-8-21(34-23(22)24)17-12-31-26(32-13-17)36-11-3-10-33-36/h3-14H,16H2,1-2H3,(H2,40,41,42). The van der Waals surface area contributed by atoms with Gasteiger partial charge in [0.05, 0.1) is 39.3 Å². The van der Waals surface area contributed by atoms with Crippen molar-refractivity contribution in [2.24, 2.45) is 0 Å². The van der Waals surface area contributed by atoms with E-state index in [1.54, 1.807) is 81.1 Å². The molecule has 2 N–H and O–H groups in total. The summed E-state index contributed by atoms with van der Waals surface area (Å²) >= 11 is 0. The average molecular weight is 612 g/mol. The number of nitrogens with zero attached hydrogens (tertiary/aromatic N) is 9. The van der Waals surface area contributed by atoms with Gasteiger partial charge in [-0.2, -0.15) is 10.4 Å². The molecule has 0 fully saturated rings. The third-order valence-corrected chi connectivity index (χ3v) is 7.38. The number of rotatable bonds is 7. The summed E-state index contributed by atoms with van der Waals surface area (Å²) in [6.45, 7) is 2.49. The van der Waals surface area contributed by atoms with Crippen LogP contribution in [0.15, 0.2) is 83.0 Å². The zero-order valence-electron chi connectivity index (χ0n) is 23.1. The van der Waals surface area contributed by atoms with E-state index in [0.717, 1.165) is 0 Å². The summed E-state index contributed by atoms with van der Waals surface area (Å²) in [5, 5.41) is 13.6. The fourth-order valence-electron chi connectivity index (χ4n) is 4.58. The van der Waals surface area contributed by atoms with Crippen molar-refractivity contribution >= 4 is 29.8 Å². The molecule has 0 saturated carbocycles. The Hall–Kier alpha value is -5.39. The molecule has 16 heteroatoms. The Bertz CT molecular complexity index is 2250. The van der Waals surface area contributed by atoms with Gasteiger partial charge >= 0.3 is 13.5 Å². The van der Waals surface area contributed by atoms with Gasteiger partial charge in [0.15, 0.2) is 0 Å². The van der Waals surface area contributed by atoms with Crippen molar-refractivity contribution in [2.45, 2.75) is 26.0 Å². The Balaban J connectivity index is 1.60. The summed E-state index contributed by atoms with van der Waals surface area (Å²) in [5.74, 6) is 0.349. The predicted molar refractivity (Wildman–Crippen MR) is 157 cm³/mol. The number of aromatic nitrogens is 8. The molecule has 0 amide bonds.